The van der Waals surface area contributed by atoms with Crippen molar-refractivity contribution in [2.24, 2.45) is 0 Å². The van der Waals surface area contributed by atoms with Crippen molar-refractivity contribution < 1.29 is 13.5 Å². The summed E-state index contributed by atoms with van der Waals surface area (Å²) in [6.45, 7) is 0.707. The summed E-state index contributed by atoms with van der Waals surface area (Å²) in [6, 6.07) is 6.99. The van der Waals surface area contributed by atoms with Gasteiger partial charge in [-0.1, -0.05) is 0 Å². The standard InChI is InChI=1S/C13H18INO3S/c14-11-5-7-13(8-6-11)19(17,18)15-9-1-3-12(15)4-2-10-16/h5-8,12,16H,1-4,9-10H2. The van der Waals surface area contributed by atoms with Crippen LogP contribution in [0.3, 0.4) is 0 Å². The molecule has 1 aromatic carbocycles. The highest BCUT2D eigenvalue weighted by atomic mass is 127. The summed E-state index contributed by atoms with van der Waals surface area (Å²) in [5.74, 6) is 0. The number of rotatable bonds is 5. The average Bonchev–Trinajstić information content (AvgIpc) is 2.86. The van der Waals surface area contributed by atoms with Gasteiger partial charge in [0.1, 0.15) is 0 Å². The molecule has 6 heteroatoms. The third-order valence-electron chi connectivity index (χ3n) is 3.44. The molecule has 1 aromatic rings. The predicted octanol–water partition coefficient (Wildman–Crippen LogP) is 2.22. The average molecular weight is 395 g/mol. The second-order valence-corrected chi connectivity index (χ2v) is 7.87. The van der Waals surface area contributed by atoms with Crippen LogP contribution in [-0.2, 0) is 10.0 Å². The van der Waals surface area contributed by atoms with E-state index in [1.54, 1.807) is 16.4 Å². The Labute approximate surface area is 128 Å². The summed E-state index contributed by atoms with van der Waals surface area (Å²) >= 11 is 2.16. The Bertz CT molecular complexity index is 515. The molecule has 0 radical (unpaired) electrons. The third kappa shape index (κ3) is 3.48. The van der Waals surface area contributed by atoms with Gasteiger partial charge in [-0.05, 0) is 72.5 Å². The van der Waals surface area contributed by atoms with Crippen LogP contribution in [0.5, 0.6) is 0 Å². The van der Waals surface area contributed by atoms with Crippen molar-refractivity contribution in [3.8, 4) is 0 Å². The van der Waals surface area contributed by atoms with Gasteiger partial charge in [0.05, 0.1) is 4.90 Å². The van der Waals surface area contributed by atoms with E-state index in [2.05, 4.69) is 22.6 Å². The molecule has 1 N–H and O–H groups in total. The summed E-state index contributed by atoms with van der Waals surface area (Å²) < 4.78 is 27.8. The van der Waals surface area contributed by atoms with E-state index >= 15 is 0 Å². The Morgan fingerprint density at radius 3 is 2.63 bits per heavy atom. The first-order chi connectivity index (χ1) is 9.05. The first-order valence-electron chi connectivity index (χ1n) is 6.44. The van der Waals surface area contributed by atoms with Gasteiger partial charge in [-0.3, -0.25) is 0 Å². The summed E-state index contributed by atoms with van der Waals surface area (Å²) in [4.78, 5) is 0.365. The maximum absolute atomic E-state index is 12.6. The molecule has 1 aliphatic rings. The first-order valence-corrected chi connectivity index (χ1v) is 8.96. The zero-order valence-corrected chi connectivity index (χ0v) is 13.6. The fourth-order valence-corrected chi connectivity index (χ4v) is 4.57. The minimum absolute atomic E-state index is 0.0384. The maximum atomic E-state index is 12.6. The van der Waals surface area contributed by atoms with E-state index in [1.165, 1.54) is 0 Å². The van der Waals surface area contributed by atoms with Crippen molar-refractivity contribution in [3.05, 3.63) is 27.8 Å². The molecule has 2 rings (SSSR count). The van der Waals surface area contributed by atoms with Crippen LogP contribution in [0.25, 0.3) is 0 Å². The molecule has 106 valence electrons. The molecule has 0 aliphatic carbocycles. The first kappa shape index (κ1) is 15.2. The van der Waals surface area contributed by atoms with E-state index in [0.29, 0.717) is 17.9 Å². The van der Waals surface area contributed by atoms with E-state index in [9.17, 15) is 8.42 Å². The lowest BCUT2D eigenvalue weighted by atomic mass is 10.1. The van der Waals surface area contributed by atoms with E-state index in [0.717, 1.165) is 22.8 Å². The highest BCUT2D eigenvalue weighted by Crippen LogP contribution is 2.28. The van der Waals surface area contributed by atoms with Gasteiger partial charge in [0.15, 0.2) is 0 Å². The normalized spacial score (nSPS) is 20.8. The molecule has 0 saturated carbocycles. The molecule has 1 saturated heterocycles. The highest BCUT2D eigenvalue weighted by Gasteiger charge is 2.34. The van der Waals surface area contributed by atoms with E-state index in [-0.39, 0.29) is 12.6 Å². The third-order valence-corrected chi connectivity index (χ3v) is 6.12. The molecule has 19 heavy (non-hydrogen) atoms. The lowest BCUT2D eigenvalue weighted by molar-refractivity contribution is 0.264. The molecular formula is C13H18INO3S. The van der Waals surface area contributed by atoms with Crippen LogP contribution >= 0.6 is 22.6 Å². The number of aliphatic hydroxyl groups is 1. The van der Waals surface area contributed by atoms with Crippen LogP contribution in [0.2, 0.25) is 0 Å². The number of nitrogens with zero attached hydrogens (tertiary/aromatic N) is 1. The molecule has 4 nitrogen and oxygen atoms in total. The minimum atomic E-state index is -3.39. The molecule has 1 heterocycles. The number of halogens is 1. The van der Waals surface area contributed by atoms with E-state index in [1.807, 2.05) is 12.1 Å². The largest absolute Gasteiger partial charge is 0.396 e. The van der Waals surface area contributed by atoms with Gasteiger partial charge >= 0.3 is 0 Å². The van der Waals surface area contributed by atoms with Crippen LogP contribution in [0.15, 0.2) is 29.2 Å². The number of sulfonamides is 1. The van der Waals surface area contributed by atoms with Crippen molar-refractivity contribution in [2.45, 2.75) is 36.6 Å². The smallest absolute Gasteiger partial charge is 0.243 e. The monoisotopic (exact) mass is 395 g/mol. The Kier molecular flexibility index (Phi) is 5.22. The van der Waals surface area contributed by atoms with Crippen molar-refractivity contribution >= 4 is 32.6 Å². The molecule has 0 amide bonds. The lowest BCUT2D eigenvalue weighted by Crippen LogP contribution is -2.35. The Hall–Kier alpha value is -0.180. The maximum Gasteiger partial charge on any atom is 0.243 e. The van der Waals surface area contributed by atoms with Crippen molar-refractivity contribution in [2.75, 3.05) is 13.2 Å². The Morgan fingerprint density at radius 1 is 1.32 bits per heavy atom. The fraction of sp³-hybridized carbons (Fsp3) is 0.538. The molecular weight excluding hydrogens is 377 g/mol. The van der Waals surface area contributed by atoms with Gasteiger partial charge in [0, 0.05) is 22.8 Å². The molecule has 0 spiro atoms. The zero-order chi connectivity index (χ0) is 13.9. The van der Waals surface area contributed by atoms with E-state index < -0.39 is 10.0 Å². The number of aliphatic hydroxyl groups excluding tert-OH is 1. The molecule has 0 bridgehead atoms. The van der Waals surface area contributed by atoms with E-state index in [4.69, 9.17) is 5.11 Å². The van der Waals surface area contributed by atoms with Crippen molar-refractivity contribution in [1.29, 1.82) is 0 Å². The van der Waals surface area contributed by atoms with Gasteiger partial charge < -0.3 is 5.11 Å². The van der Waals surface area contributed by atoms with Crippen molar-refractivity contribution in [1.82, 2.24) is 4.31 Å². The molecule has 1 fully saturated rings. The topological polar surface area (TPSA) is 57.6 Å². The van der Waals surface area contributed by atoms with Crippen LogP contribution < -0.4 is 0 Å². The number of hydrogen-bond donors (Lipinski definition) is 1. The van der Waals surface area contributed by atoms with Crippen molar-refractivity contribution in [3.63, 3.8) is 0 Å². The Balaban J connectivity index is 2.21. The van der Waals surface area contributed by atoms with Gasteiger partial charge in [-0.25, -0.2) is 8.42 Å². The van der Waals surface area contributed by atoms with Crippen LogP contribution in [-0.4, -0.2) is 37.0 Å². The number of benzene rings is 1. The quantitative estimate of drug-likeness (QED) is 0.778. The second-order valence-electron chi connectivity index (χ2n) is 4.73. The summed E-state index contributed by atoms with van der Waals surface area (Å²) in [6.07, 6.45) is 3.19. The molecule has 1 unspecified atom stereocenters. The highest BCUT2D eigenvalue weighted by molar-refractivity contribution is 14.1. The Morgan fingerprint density at radius 2 is 2.00 bits per heavy atom. The number of hydrogen-bond acceptors (Lipinski definition) is 3. The van der Waals surface area contributed by atoms with Gasteiger partial charge in [0.25, 0.3) is 0 Å². The fourth-order valence-electron chi connectivity index (χ4n) is 2.48. The van der Waals surface area contributed by atoms with Crippen LogP contribution in [0.4, 0.5) is 0 Å². The summed E-state index contributed by atoms with van der Waals surface area (Å²) in [5.41, 5.74) is 0. The molecule has 1 atom stereocenters. The molecule has 0 aromatic heterocycles. The molecule has 1 aliphatic heterocycles. The predicted molar refractivity (Wildman–Crippen MR) is 82.4 cm³/mol. The van der Waals surface area contributed by atoms with Crippen LogP contribution in [0.1, 0.15) is 25.7 Å². The van der Waals surface area contributed by atoms with Gasteiger partial charge in [-0.15, -0.1) is 0 Å². The second kappa shape index (κ2) is 6.51. The summed E-state index contributed by atoms with van der Waals surface area (Å²) in [7, 11) is -3.39. The van der Waals surface area contributed by atoms with Crippen LogP contribution in [0, 0.1) is 3.57 Å². The zero-order valence-electron chi connectivity index (χ0n) is 10.6. The lowest BCUT2D eigenvalue weighted by Gasteiger charge is -2.24. The summed E-state index contributed by atoms with van der Waals surface area (Å²) in [5, 5.41) is 8.89. The minimum Gasteiger partial charge on any atom is -0.396 e. The SMILES string of the molecule is O=S(=O)(c1ccc(I)cc1)N1CCCC1CCCO. The van der Waals surface area contributed by atoms with Gasteiger partial charge in [-0.2, -0.15) is 4.31 Å². The van der Waals surface area contributed by atoms with Gasteiger partial charge in [0.2, 0.25) is 10.0 Å².